The number of carbonyl (C=O) groups excluding carboxylic acids is 1. The summed E-state index contributed by atoms with van der Waals surface area (Å²) in [4.78, 5) is 29.2. The van der Waals surface area contributed by atoms with Crippen LogP contribution in [0.25, 0.3) is 11.3 Å². The van der Waals surface area contributed by atoms with Crippen LogP contribution in [0.2, 0.25) is 10.0 Å². The minimum atomic E-state index is -0.651. The number of thioether (sulfide) groups is 1. The van der Waals surface area contributed by atoms with Gasteiger partial charge in [0, 0.05) is 39.1 Å². The maximum Gasteiger partial charge on any atom is 0.358 e. The topological polar surface area (TPSA) is 57.5 Å². The maximum atomic E-state index is 13.4. The van der Waals surface area contributed by atoms with E-state index in [0.29, 0.717) is 15.7 Å². The zero-order valence-corrected chi connectivity index (χ0v) is 23.1. The third kappa shape index (κ3) is 5.14. The summed E-state index contributed by atoms with van der Waals surface area (Å²) >= 11 is 15.8. The molecule has 0 unspecified atom stereocenters. The van der Waals surface area contributed by atoms with E-state index >= 15 is 0 Å². The van der Waals surface area contributed by atoms with E-state index < -0.39 is 11.4 Å². The van der Waals surface area contributed by atoms with E-state index in [9.17, 15) is 9.59 Å². The van der Waals surface area contributed by atoms with Crippen molar-refractivity contribution in [1.82, 2.24) is 4.57 Å². The number of benzene rings is 3. The van der Waals surface area contributed by atoms with Crippen LogP contribution in [0.1, 0.15) is 21.6 Å². The molecule has 0 saturated heterocycles. The van der Waals surface area contributed by atoms with Gasteiger partial charge in [0.05, 0.1) is 22.8 Å². The van der Waals surface area contributed by atoms with E-state index in [4.69, 9.17) is 32.7 Å². The number of fused-ring (bicyclic) bond motifs is 2. The molecule has 0 aliphatic carbocycles. The monoisotopic (exact) mass is 569 g/mol. The van der Waals surface area contributed by atoms with Crippen molar-refractivity contribution in [3.8, 4) is 17.0 Å². The summed E-state index contributed by atoms with van der Waals surface area (Å²) in [6, 6.07) is 20.7. The number of methoxy groups -OCH3 is 1. The lowest BCUT2D eigenvalue weighted by molar-refractivity contribution is 0.0582. The number of esters is 1. The molecule has 5 rings (SSSR count). The smallest absolute Gasteiger partial charge is 0.358 e. The Morgan fingerprint density at radius 3 is 2.46 bits per heavy atom. The molecule has 5 nitrogen and oxygen atoms in total. The minimum absolute atomic E-state index is 0.0426. The molecule has 0 amide bonds. The second kappa shape index (κ2) is 10.9. The molecule has 0 bridgehead atoms. The van der Waals surface area contributed by atoms with Gasteiger partial charge in [-0.1, -0.05) is 83.5 Å². The molecule has 1 aliphatic heterocycles. The zero-order valence-electron chi connectivity index (χ0n) is 19.9. The molecule has 0 radical (unpaired) electrons. The number of pyridine rings is 1. The third-order valence-electron chi connectivity index (χ3n) is 5.96. The van der Waals surface area contributed by atoms with Gasteiger partial charge in [0.2, 0.25) is 5.43 Å². The first-order chi connectivity index (χ1) is 17.9. The molecule has 0 N–H and O–H groups in total. The average Bonchev–Trinajstić information content (AvgIpc) is 3.08. The highest BCUT2D eigenvalue weighted by Gasteiger charge is 2.26. The van der Waals surface area contributed by atoms with Gasteiger partial charge in [-0.25, -0.2) is 4.79 Å². The van der Waals surface area contributed by atoms with Crippen molar-refractivity contribution in [3.63, 3.8) is 0 Å². The number of nitrogens with zero attached hydrogens (tertiary/aromatic N) is 1. The van der Waals surface area contributed by atoms with E-state index in [1.807, 2.05) is 54.6 Å². The highest BCUT2D eigenvalue weighted by atomic mass is 35.5. The largest absolute Gasteiger partial charge is 0.482 e. The lowest BCUT2D eigenvalue weighted by Gasteiger charge is -2.19. The average molecular weight is 571 g/mol. The molecule has 1 aromatic heterocycles. The Hall–Kier alpha value is -2.84. The summed E-state index contributed by atoms with van der Waals surface area (Å²) in [6.07, 6.45) is 0. The lowest BCUT2D eigenvalue weighted by atomic mass is 10.1. The van der Waals surface area contributed by atoms with Gasteiger partial charge in [0.1, 0.15) is 6.61 Å². The first kappa shape index (κ1) is 25.8. The molecular weight excluding hydrogens is 549 g/mol. The summed E-state index contributed by atoms with van der Waals surface area (Å²) in [6.45, 7) is 0.146. The van der Waals surface area contributed by atoms with Gasteiger partial charge in [-0.3, -0.25) is 4.79 Å². The van der Waals surface area contributed by atoms with E-state index in [-0.39, 0.29) is 18.1 Å². The van der Waals surface area contributed by atoms with Crippen LogP contribution in [0.4, 0.5) is 0 Å². The van der Waals surface area contributed by atoms with E-state index in [1.165, 1.54) is 13.2 Å². The number of halogens is 2. The fraction of sp³-hybridized carbons (Fsp3) is 0.143. The van der Waals surface area contributed by atoms with E-state index in [0.717, 1.165) is 37.1 Å². The van der Waals surface area contributed by atoms with Crippen molar-refractivity contribution >= 4 is 52.7 Å². The van der Waals surface area contributed by atoms with Gasteiger partial charge in [-0.2, -0.15) is 0 Å². The molecule has 2 heterocycles. The molecule has 37 heavy (non-hydrogen) atoms. The third-order valence-corrected chi connectivity index (χ3v) is 9.16. The number of ether oxygens (including phenoxy) is 2. The first-order valence-corrected chi connectivity index (χ1v) is 13.8. The van der Waals surface area contributed by atoms with Crippen molar-refractivity contribution in [2.75, 3.05) is 7.11 Å². The highest BCUT2D eigenvalue weighted by Crippen LogP contribution is 2.48. The number of hydrogen-bond donors (Lipinski definition) is 0. The molecule has 0 atom stereocenters. The molecule has 0 fully saturated rings. The van der Waals surface area contributed by atoms with Gasteiger partial charge in [0.15, 0.2) is 11.4 Å². The molecule has 1 aliphatic rings. The predicted molar refractivity (Wildman–Crippen MR) is 149 cm³/mol. The Morgan fingerprint density at radius 1 is 1.00 bits per heavy atom. The summed E-state index contributed by atoms with van der Waals surface area (Å²) in [5, 5.41) is 0.991. The van der Waals surface area contributed by atoms with Crippen molar-refractivity contribution in [1.29, 1.82) is 0 Å². The standard InChI is InChI=1S/C28H21Cl2NO4S2/c1-31-21(13-22(32)26(25(31)28(33)34-2)35-14-16-7-4-3-5-8-16)18-10-6-9-17-15-36-23-11-19(29)20(30)12-24(23)37-27(17)18/h3-13H,14-15H2,1-2H3. The fourth-order valence-corrected chi connectivity index (χ4v) is 7.03. The molecule has 0 spiro atoms. The summed E-state index contributed by atoms with van der Waals surface area (Å²) in [5.41, 5.74) is 3.04. The molecule has 4 aromatic rings. The summed E-state index contributed by atoms with van der Waals surface area (Å²) in [5.74, 6) is 0.0254. The van der Waals surface area contributed by atoms with Crippen LogP contribution >= 0.6 is 46.7 Å². The summed E-state index contributed by atoms with van der Waals surface area (Å²) in [7, 11) is 3.02. The maximum absolute atomic E-state index is 13.4. The van der Waals surface area contributed by atoms with Crippen molar-refractivity contribution in [3.05, 3.63) is 104 Å². The second-order valence-corrected chi connectivity index (χ2v) is 11.2. The van der Waals surface area contributed by atoms with E-state index in [1.54, 1.807) is 35.1 Å². The predicted octanol–water partition coefficient (Wildman–Crippen LogP) is 7.48. The van der Waals surface area contributed by atoms with E-state index in [2.05, 4.69) is 6.07 Å². The quantitative estimate of drug-likeness (QED) is 0.232. The van der Waals surface area contributed by atoms with Crippen molar-refractivity contribution < 1.29 is 14.3 Å². The van der Waals surface area contributed by atoms with Crippen molar-refractivity contribution in [2.24, 2.45) is 7.05 Å². The molecule has 9 heteroatoms. The molecular formula is C28H21Cl2NO4S2. The lowest BCUT2D eigenvalue weighted by Crippen LogP contribution is -2.22. The zero-order chi connectivity index (χ0) is 26.1. The number of rotatable bonds is 5. The van der Waals surface area contributed by atoms with Gasteiger partial charge < -0.3 is 14.0 Å². The van der Waals surface area contributed by atoms with Crippen LogP contribution in [0, 0.1) is 0 Å². The van der Waals surface area contributed by atoms with Crippen LogP contribution in [-0.2, 0) is 24.1 Å². The fourth-order valence-electron chi connectivity index (χ4n) is 4.12. The molecule has 0 saturated carbocycles. The Balaban J connectivity index is 1.63. The Bertz CT molecular complexity index is 1570. The Morgan fingerprint density at radius 2 is 1.73 bits per heavy atom. The van der Waals surface area contributed by atoms with Crippen LogP contribution in [0.3, 0.4) is 0 Å². The van der Waals surface area contributed by atoms with Crippen LogP contribution in [0.5, 0.6) is 5.75 Å². The minimum Gasteiger partial charge on any atom is -0.482 e. The SMILES string of the molecule is COC(=O)c1c(OCc2ccccc2)c(=O)cc(-c2cccc3c2Sc2cc(Cl)c(Cl)cc2SC3)n1C. The Labute approximate surface area is 232 Å². The number of hydrogen-bond acceptors (Lipinski definition) is 6. The number of aromatic nitrogens is 1. The summed E-state index contributed by atoms with van der Waals surface area (Å²) < 4.78 is 12.6. The van der Waals surface area contributed by atoms with Crippen LogP contribution in [-0.4, -0.2) is 17.6 Å². The van der Waals surface area contributed by atoms with Crippen LogP contribution in [0.15, 0.2) is 86.2 Å². The second-order valence-electron chi connectivity index (χ2n) is 8.29. The van der Waals surface area contributed by atoms with Crippen molar-refractivity contribution in [2.45, 2.75) is 27.0 Å². The van der Waals surface area contributed by atoms with Gasteiger partial charge in [-0.05, 0) is 23.3 Å². The molecule has 188 valence electrons. The van der Waals surface area contributed by atoms with Gasteiger partial charge in [-0.15, -0.1) is 11.8 Å². The van der Waals surface area contributed by atoms with Gasteiger partial charge >= 0.3 is 5.97 Å². The van der Waals surface area contributed by atoms with Gasteiger partial charge in [0.25, 0.3) is 0 Å². The number of carbonyl (C=O) groups is 1. The molecule has 3 aromatic carbocycles. The normalized spacial score (nSPS) is 12.3. The first-order valence-electron chi connectivity index (χ1n) is 11.3. The Kier molecular flexibility index (Phi) is 7.58. The highest BCUT2D eigenvalue weighted by molar-refractivity contribution is 8.02. The van der Waals surface area contributed by atoms with Crippen LogP contribution < -0.4 is 10.2 Å².